The minimum absolute atomic E-state index is 0.439. The summed E-state index contributed by atoms with van der Waals surface area (Å²) in [5.41, 5.74) is 2.77. The van der Waals surface area contributed by atoms with Crippen molar-refractivity contribution in [3.63, 3.8) is 0 Å². The van der Waals surface area contributed by atoms with Crippen LogP contribution in [0.3, 0.4) is 0 Å². The molecule has 2 unspecified atom stereocenters. The van der Waals surface area contributed by atoms with E-state index < -0.39 is 0 Å². The average Bonchev–Trinajstić information content (AvgIpc) is 3.00. The Morgan fingerprint density at radius 1 is 1.24 bits per heavy atom. The predicted molar refractivity (Wildman–Crippen MR) is 84.8 cm³/mol. The van der Waals surface area contributed by atoms with Crippen molar-refractivity contribution in [2.45, 2.75) is 51.6 Å². The van der Waals surface area contributed by atoms with Crippen molar-refractivity contribution in [1.82, 2.24) is 5.32 Å². The Kier molecular flexibility index (Phi) is 4.81. The molecule has 0 bridgehead atoms. The molecule has 116 valence electrons. The number of ether oxygens (including phenoxy) is 2. The first-order valence-corrected chi connectivity index (χ1v) is 8.37. The molecule has 2 aliphatic rings. The van der Waals surface area contributed by atoms with Gasteiger partial charge in [-0.2, -0.15) is 0 Å². The molecule has 0 spiro atoms. The van der Waals surface area contributed by atoms with Crippen LogP contribution in [0.2, 0.25) is 0 Å². The predicted octanol–water partition coefficient (Wildman–Crippen LogP) is 3.48. The number of hydrogen-bond acceptors (Lipinski definition) is 3. The number of nitrogens with one attached hydrogen (secondary N) is 1. The summed E-state index contributed by atoms with van der Waals surface area (Å²) in [5.74, 6) is 1.82. The lowest BCUT2D eigenvalue weighted by Gasteiger charge is -2.31. The van der Waals surface area contributed by atoms with E-state index in [4.69, 9.17) is 9.47 Å². The van der Waals surface area contributed by atoms with Crippen molar-refractivity contribution < 1.29 is 9.47 Å². The van der Waals surface area contributed by atoms with E-state index in [1.165, 1.54) is 24.0 Å². The highest BCUT2D eigenvalue weighted by Crippen LogP contribution is 2.30. The summed E-state index contributed by atoms with van der Waals surface area (Å²) in [6.45, 7) is 7.27. The standard InChI is InChI=1S/C18H27NO2/c1-3-17(19-13(2)14-6-9-20-10-7-14)15-4-5-18-16(12-15)8-11-21-18/h4-5,12-14,17,19H,3,6-11H2,1-2H3. The third kappa shape index (κ3) is 3.41. The molecule has 0 radical (unpaired) electrons. The quantitative estimate of drug-likeness (QED) is 0.900. The highest BCUT2D eigenvalue weighted by molar-refractivity contribution is 5.40. The van der Waals surface area contributed by atoms with Crippen molar-refractivity contribution in [3.05, 3.63) is 29.3 Å². The van der Waals surface area contributed by atoms with Gasteiger partial charge in [-0.1, -0.05) is 19.1 Å². The average molecular weight is 289 g/mol. The zero-order valence-corrected chi connectivity index (χ0v) is 13.2. The maximum absolute atomic E-state index is 5.61. The maximum Gasteiger partial charge on any atom is 0.122 e. The second-order valence-corrected chi connectivity index (χ2v) is 6.33. The maximum atomic E-state index is 5.61. The highest BCUT2D eigenvalue weighted by atomic mass is 16.5. The number of fused-ring (bicyclic) bond motifs is 1. The summed E-state index contributed by atoms with van der Waals surface area (Å²) in [4.78, 5) is 0. The summed E-state index contributed by atoms with van der Waals surface area (Å²) < 4.78 is 11.1. The van der Waals surface area contributed by atoms with E-state index in [0.29, 0.717) is 12.1 Å². The lowest BCUT2D eigenvalue weighted by molar-refractivity contribution is 0.0543. The Morgan fingerprint density at radius 2 is 2.05 bits per heavy atom. The van der Waals surface area contributed by atoms with Crippen LogP contribution in [0.5, 0.6) is 5.75 Å². The van der Waals surface area contributed by atoms with Gasteiger partial charge in [-0.25, -0.2) is 0 Å². The van der Waals surface area contributed by atoms with Gasteiger partial charge in [0.15, 0.2) is 0 Å². The zero-order chi connectivity index (χ0) is 14.7. The minimum Gasteiger partial charge on any atom is -0.493 e. The lowest BCUT2D eigenvalue weighted by atomic mass is 9.91. The normalized spacial score (nSPS) is 21.6. The topological polar surface area (TPSA) is 30.5 Å². The van der Waals surface area contributed by atoms with Crippen LogP contribution in [0.25, 0.3) is 0 Å². The molecule has 0 amide bonds. The lowest BCUT2D eigenvalue weighted by Crippen LogP contribution is -2.38. The van der Waals surface area contributed by atoms with E-state index in [9.17, 15) is 0 Å². The van der Waals surface area contributed by atoms with Crippen LogP contribution in [0, 0.1) is 5.92 Å². The zero-order valence-electron chi connectivity index (χ0n) is 13.2. The fraction of sp³-hybridized carbons (Fsp3) is 0.667. The molecule has 3 rings (SSSR count). The van der Waals surface area contributed by atoms with Gasteiger partial charge in [0.05, 0.1) is 6.61 Å². The van der Waals surface area contributed by atoms with Gasteiger partial charge in [-0.3, -0.25) is 0 Å². The van der Waals surface area contributed by atoms with E-state index in [1.807, 2.05) is 0 Å². The van der Waals surface area contributed by atoms with Crippen molar-refractivity contribution in [1.29, 1.82) is 0 Å². The SMILES string of the molecule is CCC(NC(C)C1CCOCC1)c1ccc2c(c1)CCO2. The highest BCUT2D eigenvalue weighted by Gasteiger charge is 2.23. The smallest absolute Gasteiger partial charge is 0.122 e. The van der Waals surface area contributed by atoms with Crippen molar-refractivity contribution in [3.8, 4) is 5.75 Å². The molecular weight excluding hydrogens is 262 g/mol. The molecule has 1 saturated heterocycles. The molecule has 1 aromatic carbocycles. The van der Waals surface area contributed by atoms with Gasteiger partial charge in [-0.15, -0.1) is 0 Å². The molecule has 1 N–H and O–H groups in total. The molecule has 1 aromatic rings. The summed E-state index contributed by atoms with van der Waals surface area (Å²) in [5, 5.41) is 3.85. The molecule has 0 aromatic heterocycles. The number of rotatable bonds is 5. The van der Waals surface area contributed by atoms with Crippen molar-refractivity contribution in [2.75, 3.05) is 19.8 Å². The van der Waals surface area contributed by atoms with Gasteiger partial charge in [0.1, 0.15) is 5.75 Å². The van der Waals surface area contributed by atoms with Crippen LogP contribution < -0.4 is 10.1 Å². The van der Waals surface area contributed by atoms with E-state index in [1.54, 1.807) is 0 Å². The summed E-state index contributed by atoms with van der Waals surface area (Å²) >= 11 is 0. The molecule has 0 saturated carbocycles. The fourth-order valence-electron chi connectivity index (χ4n) is 3.54. The van der Waals surface area contributed by atoms with Crippen LogP contribution >= 0.6 is 0 Å². The van der Waals surface area contributed by atoms with Gasteiger partial charge in [0.25, 0.3) is 0 Å². The third-order valence-electron chi connectivity index (χ3n) is 4.96. The Hall–Kier alpha value is -1.06. The number of benzene rings is 1. The molecule has 1 fully saturated rings. The largest absolute Gasteiger partial charge is 0.493 e. The fourth-order valence-corrected chi connectivity index (χ4v) is 3.54. The molecular formula is C18H27NO2. The van der Waals surface area contributed by atoms with Gasteiger partial charge < -0.3 is 14.8 Å². The Bertz CT molecular complexity index is 468. The monoisotopic (exact) mass is 289 g/mol. The van der Waals surface area contributed by atoms with Crippen LogP contribution in [-0.2, 0) is 11.2 Å². The van der Waals surface area contributed by atoms with Crippen LogP contribution in [0.1, 0.15) is 50.3 Å². The first-order chi connectivity index (χ1) is 10.3. The molecule has 3 heteroatoms. The second kappa shape index (κ2) is 6.80. The van der Waals surface area contributed by atoms with E-state index in [0.717, 1.165) is 44.3 Å². The molecule has 2 heterocycles. The Balaban J connectivity index is 1.66. The molecule has 0 aliphatic carbocycles. The number of hydrogen-bond donors (Lipinski definition) is 1. The van der Waals surface area contributed by atoms with Gasteiger partial charge in [0, 0.05) is 31.7 Å². The third-order valence-corrected chi connectivity index (χ3v) is 4.96. The molecule has 3 nitrogen and oxygen atoms in total. The molecule has 2 atom stereocenters. The molecule has 2 aliphatic heterocycles. The van der Waals surface area contributed by atoms with Gasteiger partial charge >= 0.3 is 0 Å². The second-order valence-electron chi connectivity index (χ2n) is 6.33. The van der Waals surface area contributed by atoms with E-state index >= 15 is 0 Å². The van der Waals surface area contributed by atoms with Crippen molar-refractivity contribution in [2.24, 2.45) is 5.92 Å². The van der Waals surface area contributed by atoms with Crippen LogP contribution in [0.15, 0.2) is 18.2 Å². The summed E-state index contributed by atoms with van der Waals surface area (Å²) in [6, 6.07) is 7.68. The molecule has 21 heavy (non-hydrogen) atoms. The summed E-state index contributed by atoms with van der Waals surface area (Å²) in [6.07, 6.45) is 4.54. The summed E-state index contributed by atoms with van der Waals surface area (Å²) in [7, 11) is 0. The Morgan fingerprint density at radius 3 is 2.81 bits per heavy atom. The van der Waals surface area contributed by atoms with Crippen LogP contribution in [-0.4, -0.2) is 25.9 Å². The van der Waals surface area contributed by atoms with Gasteiger partial charge in [0.2, 0.25) is 0 Å². The minimum atomic E-state index is 0.439. The van der Waals surface area contributed by atoms with Crippen LogP contribution in [0.4, 0.5) is 0 Å². The first kappa shape index (κ1) is 14.9. The van der Waals surface area contributed by atoms with Crippen molar-refractivity contribution >= 4 is 0 Å². The van der Waals surface area contributed by atoms with E-state index in [2.05, 4.69) is 37.4 Å². The van der Waals surface area contributed by atoms with Gasteiger partial charge in [-0.05, 0) is 49.3 Å². The Labute approximate surface area is 128 Å². The van der Waals surface area contributed by atoms with E-state index in [-0.39, 0.29) is 0 Å². The first-order valence-electron chi connectivity index (χ1n) is 8.37.